The molecule has 15 heavy (non-hydrogen) atoms. The lowest BCUT2D eigenvalue weighted by Gasteiger charge is -2.47. The molecule has 0 N–H and O–H groups in total. The highest BCUT2D eigenvalue weighted by molar-refractivity contribution is 6.27. The van der Waals surface area contributed by atoms with Crippen LogP contribution < -0.4 is 0 Å². The maximum absolute atomic E-state index is 11.7. The fraction of sp³-hybridized carbons (Fsp3) is 0.917. The number of carbonyl (C=O) groups excluding carboxylic acids is 1. The summed E-state index contributed by atoms with van der Waals surface area (Å²) in [5.41, 5.74) is 0. The van der Waals surface area contributed by atoms with Crippen LogP contribution in [0.1, 0.15) is 39.0 Å². The molecule has 0 aromatic heterocycles. The third kappa shape index (κ3) is 2.15. The van der Waals surface area contributed by atoms with Crippen LogP contribution in [-0.2, 0) is 4.79 Å². The number of alkyl halides is 1. The lowest BCUT2D eigenvalue weighted by atomic mass is 9.72. The highest BCUT2D eigenvalue weighted by atomic mass is 35.5. The van der Waals surface area contributed by atoms with Crippen molar-refractivity contribution in [1.29, 1.82) is 0 Å². The summed E-state index contributed by atoms with van der Waals surface area (Å²) in [6.07, 6.45) is 6.27. The van der Waals surface area contributed by atoms with Gasteiger partial charge in [0.1, 0.15) is 5.88 Å². The van der Waals surface area contributed by atoms with E-state index in [-0.39, 0.29) is 11.8 Å². The summed E-state index contributed by atoms with van der Waals surface area (Å²) in [7, 11) is 0. The SMILES string of the molecule is C[C@H]1CCN(C(=O)CCl)[C@H]2CCCC[C@H]12. The Morgan fingerprint density at radius 2 is 2.07 bits per heavy atom. The predicted octanol–water partition coefficient (Wildman–Crippen LogP) is 2.65. The second kappa shape index (κ2) is 4.73. The maximum Gasteiger partial charge on any atom is 0.237 e. The fourth-order valence-electron chi connectivity index (χ4n) is 3.30. The Morgan fingerprint density at radius 3 is 2.80 bits per heavy atom. The molecule has 2 fully saturated rings. The third-order valence-electron chi connectivity index (χ3n) is 4.17. The van der Waals surface area contributed by atoms with Crippen LogP contribution in [0.4, 0.5) is 0 Å². The van der Waals surface area contributed by atoms with Gasteiger partial charge in [0.25, 0.3) is 0 Å². The molecule has 0 bridgehead atoms. The van der Waals surface area contributed by atoms with Gasteiger partial charge in [-0.2, -0.15) is 0 Å². The van der Waals surface area contributed by atoms with Gasteiger partial charge in [0, 0.05) is 12.6 Å². The van der Waals surface area contributed by atoms with E-state index in [2.05, 4.69) is 11.8 Å². The number of hydrogen-bond donors (Lipinski definition) is 0. The van der Waals surface area contributed by atoms with Crippen molar-refractivity contribution in [2.45, 2.75) is 45.1 Å². The molecule has 0 aromatic carbocycles. The molecular formula is C12H20ClNO. The molecule has 0 aromatic rings. The molecule has 2 nitrogen and oxygen atoms in total. The van der Waals surface area contributed by atoms with Gasteiger partial charge < -0.3 is 4.90 Å². The van der Waals surface area contributed by atoms with Crippen molar-refractivity contribution in [1.82, 2.24) is 4.90 Å². The quantitative estimate of drug-likeness (QED) is 0.633. The Balaban J connectivity index is 2.10. The number of nitrogens with zero attached hydrogens (tertiary/aromatic N) is 1. The molecule has 1 saturated heterocycles. The van der Waals surface area contributed by atoms with Crippen molar-refractivity contribution in [3.8, 4) is 0 Å². The minimum Gasteiger partial charge on any atom is -0.338 e. The van der Waals surface area contributed by atoms with Crippen LogP contribution in [0.5, 0.6) is 0 Å². The number of amides is 1. The Hall–Kier alpha value is -0.240. The number of fused-ring (bicyclic) bond motifs is 1. The Kier molecular flexibility index (Phi) is 3.55. The van der Waals surface area contributed by atoms with Gasteiger partial charge in [0.15, 0.2) is 0 Å². The van der Waals surface area contributed by atoms with Crippen LogP contribution in [0.25, 0.3) is 0 Å². The van der Waals surface area contributed by atoms with E-state index < -0.39 is 0 Å². The predicted molar refractivity (Wildman–Crippen MR) is 62.0 cm³/mol. The summed E-state index contributed by atoms with van der Waals surface area (Å²) < 4.78 is 0. The van der Waals surface area contributed by atoms with Crippen LogP contribution in [0.2, 0.25) is 0 Å². The highest BCUT2D eigenvalue weighted by Crippen LogP contribution is 2.38. The highest BCUT2D eigenvalue weighted by Gasteiger charge is 2.38. The summed E-state index contributed by atoms with van der Waals surface area (Å²) in [5, 5.41) is 0. The standard InChI is InChI=1S/C12H20ClNO/c1-9-6-7-14(12(15)8-13)11-5-3-2-4-10(9)11/h9-11H,2-8H2,1H3/t9-,10+,11-/m0/s1. The summed E-state index contributed by atoms with van der Waals surface area (Å²) in [6, 6.07) is 0.494. The zero-order chi connectivity index (χ0) is 10.8. The van der Waals surface area contributed by atoms with E-state index >= 15 is 0 Å². The van der Waals surface area contributed by atoms with Crippen molar-refractivity contribution in [2.75, 3.05) is 12.4 Å². The first-order valence-corrected chi connectivity index (χ1v) is 6.63. The van der Waals surface area contributed by atoms with Crippen molar-refractivity contribution >= 4 is 17.5 Å². The van der Waals surface area contributed by atoms with Crippen molar-refractivity contribution in [2.24, 2.45) is 11.8 Å². The Labute approximate surface area is 97.0 Å². The molecule has 1 saturated carbocycles. The monoisotopic (exact) mass is 229 g/mol. The van der Waals surface area contributed by atoms with Crippen LogP contribution in [0, 0.1) is 11.8 Å². The molecule has 0 radical (unpaired) electrons. The lowest BCUT2D eigenvalue weighted by Crippen LogP contribution is -2.52. The molecule has 1 heterocycles. The van der Waals surface area contributed by atoms with Crippen LogP contribution in [0.3, 0.4) is 0 Å². The molecule has 0 spiro atoms. The molecule has 3 atom stereocenters. The fourth-order valence-corrected chi connectivity index (χ4v) is 3.45. The summed E-state index contributed by atoms with van der Waals surface area (Å²) in [5.74, 6) is 1.81. The second-order valence-corrected chi connectivity index (χ2v) is 5.27. The Morgan fingerprint density at radius 1 is 1.33 bits per heavy atom. The molecule has 1 aliphatic carbocycles. The van der Waals surface area contributed by atoms with Crippen LogP contribution >= 0.6 is 11.6 Å². The minimum absolute atomic E-state index is 0.139. The van der Waals surface area contributed by atoms with E-state index in [1.165, 1.54) is 25.7 Å². The minimum atomic E-state index is 0.139. The Bertz CT molecular complexity index is 244. The van der Waals surface area contributed by atoms with E-state index in [0.29, 0.717) is 6.04 Å². The molecule has 3 heteroatoms. The van der Waals surface area contributed by atoms with Gasteiger partial charge >= 0.3 is 0 Å². The van der Waals surface area contributed by atoms with Crippen molar-refractivity contribution < 1.29 is 4.79 Å². The first kappa shape index (κ1) is 11.3. The first-order chi connectivity index (χ1) is 7.24. The molecular weight excluding hydrogens is 210 g/mol. The van der Waals surface area contributed by atoms with Crippen LogP contribution in [-0.4, -0.2) is 29.3 Å². The molecule has 2 rings (SSSR count). The van der Waals surface area contributed by atoms with E-state index in [1.54, 1.807) is 0 Å². The molecule has 0 unspecified atom stereocenters. The largest absolute Gasteiger partial charge is 0.338 e. The van der Waals surface area contributed by atoms with E-state index in [9.17, 15) is 4.79 Å². The van der Waals surface area contributed by atoms with Gasteiger partial charge in [-0.3, -0.25) is 4.79 Å². The van der Waals surface area contributed by atoms with E-state index in [1.807, 2.05) is 0 Å². The van der Waals surface area contributed by atoms with Gasteiger partial charge in [-0.15, -0.1) is 11.6 Å². The zero-order valence-corrected chi connectivity index (χ0v) is 10.2. The van der Waals surface area contributed by atoms with E-state index in [0.717, 1.165) is 24.8 Å². The average Bonchev–Trinajstić information content (AvgIpc) is 2.29. The number of rotatable bonds is 1. The number of piperidine rings is 1. The number of hydrogen-bond acceptors (Lipinski definition) is 1. The maximum atomic E-state index is 11.7. The molecule has 1 aliphatic heterocycles. The molecule has 1 amide bonds. The van der Waals surface area contributed by atoms with Gasteiger partial charge in [0.05, 0.1) is 0 Å². The summed E-state index contributed by atoms with van der Waals surface area (Å²) in [6.45, 7) is 3.26. The summed E-state index contributed by atoms with van der Waals surface area (Å²) >= 11 is 5.66. The normalized spacial score (nSPS) is 36.1. The molecule has 86 valence electrons. The summed E-state index contributed by atoms with van der Waals surface area (Å²) in [4.78, 5) is 13.8. The average molecular weight is 230 g/mol. The number of halogens is 1. The smallest absolute Gasteiger partial charge is 0.237 e. The molecule has 2 aliphatic rings. The van der Waals surface area contributed by atoms with E-state index in [4.69, 9.17) is 11.6 Å². The van der Waals surface area contributed by atoms with Gasteiger partial charge in [0.2, 0.25) is 5.91 Å². The van der Waals surface area contributed by atoms with Gasteiger partial charge in [-0.25, -0.2) is 0 Å². The third-order valence-corrected chi connectivity index (χ3v) is 4.40. The lowest BCUT2D eigenvalue weighted by molar-refractivity contribution is -0.136. The van der Waals surface area contributed by atoms with Crippen molar-refractivity contribution in [3.05, 3.63) is 0 Å². The van der Waals surface area contributed by atoms with Gasteiger partial charge in [-0.1, -0.05) is 19.8 Å². The van der Waals surface area contributed by atoms with Gasteiger partial charge in [-0.05, 0) is 31.1 Å². The zero-order valence-electron chi connectivity index (χ0n) is 9.42. The number of likely N-dealkylation sites (tertiary alicyclic amines) is 1. The topological polar surface area (TPSA) is 20.3 Å². The van der Waals surface area contributed by atoms with Crippen molar-refractivity contribution in [3.63, 3.8) is 0 Å². The first-order valence-electron chi connectivity index (χ1n) is 6.09. The second-order valence-electron chi connectivity index (χ2n) is 5.00. The van der Waals surface area contributed by atoms with Crippen LogP contribution in [0.15, 0.2) is 0 Å². The number of carbonyl (C=O) groups is 1.